The number of amides is 1. The number of ether oxygens (including phenoxy) is 1. The summed E-state index contributed by atoms with van der Waals surface area (Å²) in [5.41, 5.74) is 5.36. The molecule has 6 heteroatoms. The van der Waals surface area contributed by atoms with Crippen LogP contribution in [0.2, 0.25) is 5.02 Å². The van der Waals surface area contributed by atoms with E-state index in [1.54, 1.807) is 0 Å². The Labute approximate surface area is 212 Å². The molecule has 4 rings (SSSR count). The van der Waals surface area contributed by atoms with E-state index in [-0.39, 0.29) is 5.91 Å². The van der Waals surface area contributed by atoms with Gasteiger partial charge in [0, 0.05) is 24.5 Å². The third-order valence-corrected chi connectivity index (χ3v) is 6.59. The number of fused-ring (bicyclic) bond motifs is 1. The average Bonchev–Trinajstić information content (AvgIpc) is 3.20. The Balaban J connectivity index is 1.30. The zero-order valence-corrected chi connectivity index (χ0v) is 21.1. The molecule has 0 saturated carbocycles. The highest BCUT2D eigenvalue weighted by molar-refractivity contribution is 6.31. The molecule has 0 atom stereocenters. The number of hydrogen-bond acceptors (Lipinski definition) is 3. The number of aryl methyl sites for hydroxylation is 4. The van der Waals surface area contributed by atoms with Gasteiger partial charge in [-0.1, -0.05) is 48.0 Å². The van der Waals surface area contributed by atoms with Gasteiger partial charge in [-0.05, 0) is 73.7 Å². The summed E-state index contributed by atoms with van der Waals surface area (Å²) < 4.78 is 8.21. The molecular weight excluding hydrogens is 458 g/mol. The fourth-order valence-corrected chi connectivity index (χ4v) is 4.32. The second kappa shape index (κ2) is 11.9. The standard InChI is InChI=1S/C29H32ClN3O2/c1-21-9-3-4-10-23(21)20-29(34)31-16-7-13-28-32-26-11-5-6-12-27(26)33(28)17-8-18-35-24-14-15-25(30)22(2)19-24/h3-6,9-12,14-15,19H,7-8,13,16-18,20H2,1-2H3,(H,31,34). The molecule has 0 spiro atoms. The van der Waals surface area contributed by atoms with Gasteiger partial charge < -0.3 is 14.6 Å². The predicted octanol–water partition coefficient (Wildman–Crippen LogP) is 6.07. The average molecular weight is 490 g/mol. The van der Waals surface area contributed by atoms with Gasteiger partial charge in [-0.15, -0.1) is 0 Å². The van der Waals surface area contributed by atoms with E-state index in [2.05, 4.69) is 16.0 Å². The van der Waals surface area contributed by atoms with Gasteiger partial charge in [0.25, 0.3) is 0 Å². The van der Waals surface area contributed by atoms with Gasteiger partial charge in [0.15, 0.2) is 0 Å². The molecule has 0 unspecified atom stereocenters. The molecule has 0 bridgehead atoms. The van der Waals surface area contributed by atoms with Gasteiger partial charge in [-0.2, -0.15) is 0 Å². The van der Waals surface area contributed by atoms with E-state index in [1.165, 1.54) is 0 Å². The van der Waals surface area contributed by atoms with Crippen LogP contribution < -0.4 is 10.1 Å². The summed E-state index contributed by atoms with van der Waals surface area (Å²) in [7, 11) is 0. The summed E-state index contributed by atoms with van der Waals surface area (Å²) in [4.78, 5) is 17.2. The largest absolute Gasteiger partial charge is 0.494 e. The maximum Gasteiger partial charge on any atom is 0.224 e. The summed E-state index contributed by atoms with van der Waals surface area (Å²) in [6.45, 7) is 6.08. The van der Waals surface area contributed by atoms with Crippen LogP contribution in [0.25, 0.3) is 11.0 Å². The number of nitrogens with zero attached hydrogens (tertiary/aromatic N) is 2. The molecule has 3 aromatic carbocycles. The number of benzene rings is 3. The van der Waals surface area contributed by atoms with Crippen molar-refractivity contribution >= 4 is 28.5 Å². The Morgan fingerprint density at radius 2 is 1.80 bits per heavy atom. The van der Waals surface area contributed by atoms with Crippen LogP contribution in [0.3, 0.4) is 0 Å². The maximum atomic E-state index is 12.4. The van der Waals surface area contributed by atoms with Gasteiger partial charge in [-0.3, -0.25) is 4.79 Å². The first-order chi connectivity index (χ1) is 17.0. The minimum Gasteiger partial charge on any atom is -0.494 e. The lowest BCUT2D eigenvalue weighted by Crippen LogP contribution is -2.26. The summed E-state index contributed by atoms with van der Waals surface area (Å²) in [5.74, 6) is 1.94. The highest BCUT2D eigenvalue weighted by atomic mass is 35.5. The molecule has 5 nitrogen and oxygen atoms in total. The van der Waals surface area contributed by atoms with E-state index in [4.69, 9.17) is 21.3 Å². The van der Waals surface area contributed by atoms with Crippen molar-refractivity contribution in [3.05, 3.63) is 94.3 Å². The third kappa shape index (κ3) is 6.64. The van der Waals surface area contributed by atoms with Gasteiger partial charge in [0.05, 0.1) is 24.1 Å². The van der Waals surface area contributed by atoms with Crippen molar-refractivity contribution < 1.29 is 9.53 Å². The van der Waals surface area contributed by atoms with Gasteiger partial charge in [0.2, 0.25) is 5.91 Å². The molecule has 0 saturated heterocycles. The number of hydrogen-bond donors (Lipinski definition) is 1. The fraction of sp³-hybridized carbons (Fsp3) is 0.310. The first-order valence-electron chi connectivity index (χ1n) is 12.2. The van der Waals surface area contributed by atoms with Crippen LogP contribution >= 0.6 is 11.6 Å². The second-order valence-corrected chi connectivity index (χ2v) is 9.25. The number of nitrogens with one attached hydrogen (secondary N) is 1. The van der Waals surface area contributed by atoms with Crippen molar-refractivity contribution in [3.8, 4) is 5.75 Å². The molecule has 0 aliphatic rings. The third-order valence-electron chi connectivity index (χ3n) is 6.17. The topological polar surface area (TPSA) is 56.1 Å². The quantitative estimate of drug-likeness (QED) is 0.260. The van der Waals surface area contributed by atoms with Gasteiger partial charge in [-0.25, -0.2) is 4.98 Å². The predicted molar refractivity (Wildman–Crippen MR) is 142 cm³/mol. The number of carbonyl (C=O) groups excluding carboxylic acids is 1. The molecule has 1 heterocycles. The van der Waals surface area contributed by atoms with E-state index in [9.17, 15) is 4.79 Å². The van der Waals surface area contributed by atoms with Crippen molar-refractivity contribution in [2.24, 2.45) is 0 Å². The monoisotopic (exact) mass is 489 g/mol. The zero-order valence-electron chi connectivity index (χ0n) is 20.4. The lowest BCUT2D eigenvalue weighted by atomic mass is 10.1. The highest BCUT2D eigenvalue weighted by Crippen LogP contribution is 2.22. The Bertz CT molecular complexity index is 1300. The summed E-state index contributed by atoms with van der Waals surface area (Å²) in [6.07, 6.45) is 2.92. The Kier molecular flexibility index (Phi) is 8.43. The fourth-order valence-electron chi connectivity index (χ4n) is 4.20. The second-order valence-electron chi connectivity index (χ2n) is 8.84. The summed E-state index contributed by atoms with van der Waals surface area (Å²) >= 11 is 6.11. The number of rotatable bonds is 11. The Hall–Kier alpha value is -3.31. The van der Waals surface area contributed by atoms with Crippen LogP contribution in [0.1, 0.15) is 35.4 Å². The molecule has 0 aliphatic carbocycles. The first-order valence-corrected chi connectivity index (χ1v) is 12.5. The smallest absolute Gasteiger partial charge is 0.224 e. The van der Waals surface area contributed by atoms with Gasteiger partial charge >= 0.3 is 0 Å². The van der Waals surface area contributed by atoms with Crippen LogP contribution in [0, 0.1) is 13.8 Å². The molecule has 0 fully saturated rings. The van der Waals surface area contributed by atoms with Crippen LogP contribution in [0.5, 0.6) is 5.75 Å². The molecule has 4 aromatic rings. The number of imidazole rings is 1. The number of carbonyl (C=O) groups is 1. The van der Waals surface area contributed by atoms with Crippen LogP contribution in [-0.2, 0) is 24.2 Å². The first kappa shape index (κ1) is 24.8. The van der Waals surface area contributed by atoms with E-state index in [0.29, 0.717) is 19.6 Å². The lowest BCUT2D eigenvalue weighted by Gasteiger charge is -2.11. The SMILES string of the molecule is Cc1cc(OCCCn2c(CCCNC(=O)Cc3ccccc3C)nc3ccccc32)ccc1Cl. The van der Waals surface area contributed by atoms with Crippen molar-refractivity contribution in [2.75, 3.05) is 13.2 Å². The van der Waals surface area contributed by atoms with Crippen molar-refractivity contribution in [3.63, 3.8) is 0 Å². The lowest BCUT2D eigenvalue weighted by molar-refractivity contribution is -0.120. The molecular formula is C29H32ClN3O2. The molecule has 182 valence electrons. The highest BCUT2D eigenvalue weighted by Gasteiger charge is 2.11. The van der Waals surface area contributed by atoms with E-state index >= 15 is 0 Å². The van der Waals surface area contributed by atoms with Crippen LogP contribution in [-0.4, -0.2) is 28.6 Å². The van der Waals surface area contributed by atoms with Gasteiger partial charge in [0.1, 0.15) is 11.6 Å². The molecule has 1 aromatic heterocycles. The van der Waals surface area contributed by atoms with E-state index < -0.39 is 0 Å². The van der Waals surface area contributed by atoms with Crippen LogP contribution in [0.4, 0.5) is 0 Å². The Morgan fingerprint density at radius 3 is 2.63 bits per heavy atom. The zero-order chi connectivity index (χ0) is 24.6. The van der Waals surface area contributed by atoms with Crippen LogP contribution in [0.15, 0.2) is 66.7 Å². The number of para-hydroxylation sites is 2. The number of halogens is 1. The minimum atomic E-state index is 0.0578. The number of aromatic nitrogens is 2. The van der Waals surface area contributed by atoms with E-state index in [0.717, 1.165) is 70.1 Å². The Morgan fingerprint density at radius 1 is 1.00 bits per heavy atom. The molecule has 1 amide bonds. The normalized spacial score (nSPS) is 11.1. The molecule has 0 aliphatic heterocycles. The molecule has 1 N–H and O–H groups in total. The maximum absolute atomic E-state index is 12.4. The minimum absolute atomic E-state index is 0.0578. The van der Waals surface area contributed by atoms with Crippen molar-refractivity contribution in [1.29, 1.82) is 0 Å². The summed E-state index contributed by atoms with van der Waals surface area (Å²) in [6, 6.07) is 22.0. The van der Waals surface area contributed by atoms with Crippen molar-refractivity contribution in [2.45, 2.75) is 46.1 Å². The molecule has 35 heavy (non-hydrogen) atoms. The molecule has 0 radical (unpaired) electrons. The van der Waals surface area contributed by atoms with Crippen molar-refractivity contribution in [1.82, 2.24) is 14.9 Å². The van der Waals surface area contributed by atoms with E-state index in [1.807, 2.05) is 74.5 Å². The summed E-state index contributed by atoms with van der Waals surface area (Å²) in [5, 5.41) is 3.80.